The molecule has 1 aliphatic carbocycles. The van der Waals surface area contributed by atoms with Crippen molar-refractivity contribution in [3.05, 3.63) is 83.2 Å². The Kier molecular flexibility index (Phi) is 5.75. The second-order valence-electron chi connectivity index (χ2n) is 7.03. The van der Waals surface area contributed by atoms with E-state index in [0.717, 1.165) is 24.1 Å². The van der Waals surface area contributed by atoms with E-state index in [2.05, 4.69) is 22.4 Å². The number of amides is 1. The van der Waals surface area contributed by atoms with Gasteiger partial charge in [0, 0.05) is 23.6 Å². The first kappa shape index (κ1) is 19.0. The van der Waals surface area contributed by atoms with E-state index < -0.39 is 0 Å². The maximum Gasteiger partial charge on any atom is 0.255 e. The van der Waals surface area contributed by atoms with Crippen LogP contribution in [0.4, 0.5) is 5.69 Å². The Bertz CT molecular complexity index is 1000. The molecule has 0 saturated heterocycles. The molecule has 0 radical (unpaired) electrons. The van der Waals surface area contributed by atoms with Crippen LogP contribution < -0.4 is 14.8 Å². The lowest BCUT2D eigenvalue weighted by molar-refractivity contribution is 0.102. The highest BCUT2D eigenvalue weighted by atomic mass is 16.5. The number of benzene rings is 2. The zero-order valence-corrected chi connectivity index (χ0v) is 16.5. The maximum atomic E-state index is 12.7. The molecule has 0 atom stereocenters. The van der Waals surface area contributed by atoms with Gasteiger partial charge in [-0.3, -0.25) is 9.78 Å². The lowest BCUT2D eigenvalue weighted by Gasteiger charge is -2.14. The predicted molar refractivity (Wildman–Crippen MR) is 113 cm³/mol. The van der Waals surface area contributed by atoms with Crippen molar-refractivity contribution in [2.24, 2.45) is 0 Å². The van der Waals surface area contributed by atoms with Gasteiger partial charge in [0.1, 0.15) is 6.61 Å². The number of pyridine rings is 1. The Morgan fingerprint density at radius 3 is 2.62 bits per heavy atom. The molecule has 0 unspecified atom stereocenters. The molecule has 1 aromatic heterocycles. The Morgan fingerprint density at radius 1 is 0.966 bits per heavy atom. The van der Waals surface area contributed by atoms with Gasteiger partial charge in [-0.15, -0.1) is 0 Å². The molecule has 5 heteroatoms. The fraction of sp³-hybridized carbons (Fsp3) is 0.250. The summed E-state index contributed by atoms with van der Waals surface area (Å²) in [7, 11) is 0. The van der Waals surface area contributed by atoms with Crippen molar-refractivity contribution in [1.29, 1.82) is 0 Å². The number of ether oxygens (including phenoxy) is 2. The number of hydrogen-bond acceptors (Lipinski definition) is 4. The third-order valence-electron chi connectivity index (χ3n) is 5.01. The second-order valence-corrected chi connectivity index (χ2v) is 7.03. The van der Waals surface area contributed by atoms with Gasteiger partial charge in [-0.2, -0.15) is 0 Å². The van der Waals surface area contributed by atoms with Gasteiger partial charge in [-0.05, 0) is 85.3 Å². The lowest BCUT2D eigenvalue weighted by atomic mass is 10.1. The van der Waals surface area contributed by atoms with Gasteiger partial charge in [0.15, 0.2) is 11.5 Å². The molecule has 2 aromatic carbocycles. The van der Waals surface area contributed by atoms with Gasteiger partial charge in [0.25, 0.3) is 5.91 Å². The molecule has 3 aromatic rings. The summed E-state index contributed by atoms with van der Waals surface area (Å²) in [5.74, 6) is 1.01. The van der Waals surface area contributed by atoms with E-state index in [-0.39, 0.29) is 5.91 Å². The van der Waals surface area contributed by atoms with Crippen molar-refractivity contribution >= 4 is 11.6 Å². The smallest absolute Gasteiger partial charge is 0.255 e. The van der Waals surface area contributed by atoms with Crippen molar-refractivity contribution in [2.45, 2.75) is 32.8 Å². The van der Waals surface area contributed by atoms with Crippen molar-refractivity contribution < 1.29 is 14.3 Å². The number of anilines is 1. The van der Waals surface area contributed by atoms with E-state index >= 15 is 0 Å². The van der Waals surface area contributed by atoms with E-state index in [1.54, 1.807) is 30.6 Å². The molecule has 0 aliphatic heterocycles. The van der Waals surface area contributed by atoms with Crippen LogP contribution in [-0.2, 0) is 19.4 Å². The van der Waals surface area contributed by atoms with Crippen LogP contribution >= 0.6 is 0 Å². The Labute approximate surface area is 170 Å². The third-order valence-corrected chi connectivity index (χ3v) is 5.01. The molecule has 1 amide bonds. The minimum atomic E-state index is -0.162. The third kappa shape index (κ3) is 4.57. The summed E-state index contributed by atoms with van der Waals surface area (Å²) in [4.78, 5) is 16.8. The van der Waals surface area contributed by atoms with Gasteiger partial charge < -0.3 is 14.8 Å². The van der Waals surface area contributed by atoms with Gasteiger partial charge in [-0.25, -0.2) is 0 Å². The molecule has 0 saturated carbocycles. The average Bonchev–Trinajstić information content (AvgIpc) is 3.21. The van der Waals surface area contributed by atoms with Crippen molar-refractivity contribution in [3.63, 3.8) is 0 Å². The molecule has 5 nitrogen and oxygen atoms in total. The molecule has 148 valence electrons. The molecule has 4 rings (SSSR count). The van der Waals surface area contributed by atoms with E-state index in [1.165, 1.54) is 17.5 Å². The van der Waals surface area contributed by atoms with E-state index in [4.69, 9.17) is 9.47 Å². The normalized spacial score (nSPS) is 12.3. The summed E-state index contributed by atoms with van der Waals surface area (Å²) < 4.78 is 11.6. The van der Waals surface area contributed by atoms with Crippen molar-refractivity contribution in [3.8, 4) is 11.5 Å². The summed E-state index contributed by atoms with van der Waals surface area (Å²) >= 11 is 0. The molecule has 0 spiro atoms. The number of aromatic nitrogens is 1. The van der Waals surface area contributed by atoms with Crippen LogP contribution in [0.3, 0.4) is 0 Å². The van der Waals surface area contributed by atoms with Crippen LogP contribution in [0.1, 0.15) is 40.4 Å². The Hall–Kier alpha value is -3.34. The first-order chi connectivity index (χ1) is 14.2. The number of fused-ring (bicyclic) bond motifs is 1. The van der Waals surface area contributed by atoms with Crippen LogP contribution in [0.5, 0.6) is 11.5 Å². The number of nitrogens with zero attached hydrogens (tertiary/aromatic N) is 1. The highest BCUT2D eigenvalue weighted by molar-refractivity contribution is 6.04. The SMILES string of the molecule is CCOc1cc(C(=O)Nc2ccc3c(c2)CCC3)ccc1OCc1ccncc1. The van der Waals surface area contributed by atoms with Crippen LogP contribution in [0.15, 0.2) is 60.9 Å². The van der Waals surface area contributed by atoms with E-state index in [9.17, 15) is 4.79 Å². The molecular formula is C24H24N2O3. The second kappa shape index (κ2) is 8.78. The monoisotopic (exact) mass is 388 g/mol. The number of aryl methyl sites for hydroxylation is 2. The Balaban J connectivity index is 1.48. The number of hydrogen-bond donors (Lipinski definition) is 1. The number of carbonyl (C=O) groups excluding carboxylic acids is 1. The topological polar surface area (TPSA) is 60.5 Å². The number of rotatable bonds is 7. The molecule has 1 N–H and O–H groups in total. The van der Waals surface area contributed by atoms with Gasteiger partial charge in [0.2, 0.25) is 0 Å². The fourth-order valence-electron chi connectivity index (χ4n) is 3.53. The zero-order valence-electron chi connectivity index (χ0n) is 16.5. The summed E-state index contributed by atoms with van der Waals surface area (Å²) in [6.45, 7) is 2.80. The molecule has 1 aliphatic rings. The fourth-order valence-corrected chi connectivity index (χ4v) is 3.53. The maximum absolute atomic E-state index is 12.7. The van der Waals surface area contributed by atoms with Crippen molar-refractivity contribution in [1.82, 2.24) is 4.98 Å². The molecule has 29 heavy (non-hydrogen) atoms. The van der Waals surface area contributed by atoms with Crippen LogP contribution in [-0.4, -0.2) is 17.5 Å². The van der Waals surface area contributed by atoms with Crippen LogP contribution in [0.2, 0.25) is 0 Å². The predicted octanol–water partition coefficient (Wildman–Crippen LogP) is 4.80. The molecule has 0 bridgehead atoms. The summed E-state index contributed by atoms with van der Waals surface area (Å²) in [6.07, 6.45) is 6.85. The molecule has 1 heterocycles. The first-order valence-corrected chi connectivity index (χ1v) is 9.94. The largest absolute Gasteiger partial charge is 0.490 e. The summed E-state index contributed by atoms with van der Waals surface area (Å²) in [5, 5.41) is 2.99. The van der Waals surface area contributed by atoms with Crippen LogP contribution in [0.25, 0.3) is 0 Å². The van der Waals surface area contributed by atoms with Crippen LogP contribution in [0, 0.1) is 0 Å². The quantitative estimate of drug-likeness (QED) is 0.632. The van der Waals surface area contributed by atoms with Gasteiger partial charge >= 0.3 is 0 Å². The van der Waals surface area contributed by atoms with E-state index in [0.29, 0.717) is 30.3 Å². The first-order valence-electron chi connectivity index (χ1n) is 9.94. The van der Waals surface area contributed by atoms with E-state index in [1.807, 2.05) is 25.1 Å². The molecule has 0 fully saturated rings. The highest BCUT2D eigenvalue weighted by Crippen LogP contribution is 2.30. The van der Waals surface area contributed by atoms with Gasteiger partial charge in [-0.1, -0.05) is 6.07 Å². The minimum absolute atomic E-state index is 0.162. The highest BCUT2D eigenvalue weighted by Gasteiger charge is 2.15. The zero-order chi connectivity index (χ0) is 20.1. The number of nitrogens with one attached hydrogen (secondary N) is 1. The average molecular weight is 388 g/mol. The standard InChI is InChI=1S/C24H24N2O3/c1-2-28-23-15-20(7-9-22(23)29-16-17-10-12-25-13-11-17)24(27)26-21-8-6-18-4-3-5-19(18)14-21/h6-15H,2-5,16H2,1H3,(H,26,27). The lowest BCUT2D eigenvalue weighted by Crippen LogP contribution is -2.12. The molecular weight excluding hydrogens is 364 g/mol. The summed E-state index contributed by atoms with van der Waals surface area (Å²) in [5.41, 5.74) is 5.09. The van der Waals surface area contributed by atoms with Crippen molar-refractivity contribution in [2.75, 3.05) is 11.9 Å². The van der Waals surface area contributed by atoms with Gasteiger partial charge in [0.05, 0.1) is 6.61 Å². The minimum Gasteiger partial charge on any atom is -0.490 e. The summed E-state index contributed by atoms with van der Waals surface area (Å²) in [6, 6.07) is 15.2. The number of carbonyl (C=O) groups is 1. The Morgan fingerprint density at radius 2 is 1.79 bits per heavy atom.